The standard InChI is InChI=1S/C13H9.C9H7.CH3.3ClH.H2Si.Zr/c1-3-7-12-10(5-1)9-11-6-2-4-8-13(11)12;1-2-5-9-7-3-6-8(9)4-1;;;;;;/h1-9H;1-7H;1H3;3*1H;1H2;/q;;;;;;;+1/p-1. The summed E-state index contributed by atoms with van der Waals surface area (Å²) in [5, 5.41) is 0. The Hall–Kier alpha value is -0.630. The van der Waals surface area contributed by atoms with Gasteiger partial charge in [-0.25, -0.2) is 0 Å². The molecule has 0 bridgehead atoms. The molecule has 0 saturated carbocycles. The second-order valence-electron chi connectivity index (χ2n) is 8.12. The maximum absolute atomic E-state index is 7.86. The van der Waals surface area contributed by atoms with Gasteiger partial charge in [0, 0.05) is 0 Å². The van der Waals surface area contributed by atoms with E-state index in [0.717, 1.165) is 0 Å². The molecule has 0 aliphatic heterocycles. The quantitative estimate of drug-likeness (QED) is 0.323. The predicted molar refractivity (Wildman–Crippen MR) is 127 cm³/mol. The summed E-state index contributed by atoms with van der Waals surface area (Å²) in [6.07, 6.45) is 4.67. The van der Waals surface area contributed by atoms with Crippen LogP contribution in [0.2, 0.25) is 4.63 Å². The third kappa shape index (κ3) is 3.13. The molecule has 0 aromatic heterocycles. The average Bonchev–Trinajstić information content (AvgIpc) is 3.22. The van der Waals surface area contributed by atoms with Crippen LogP contribution in [-0.2, 0) is 16.2 Å². The van der Waals surface area contributed by atoms with Gasteiger partial charge >= 0.3 is 162 Å². The molecular weight excluding hydrogens is 502 g/mol. The number of hydrogen-bond donors (Lipinski definition) is 0. The van der Waals surface area contributed by atoms with E-state index in [1.165, 1.54) is 33.4 Å². The molecule has 1 atom stereocenters. The molecule has 0 radical (unpaired) electrons. The van der Waals surface area contributed by atoms with E-state index >= 15 is 0 Å². The first-order chi connectivity index (χ1) is 12.5. The van der Waals surface area contributed by atoms with Crippen LogP contribution in [0.4, 0.5) is 0 Å². The Morgan fingerprint density at radius 2 is 1.21 bits per heavy atom. The van der Waals surface area contributed by atoms with Gasteiger partial charge in [0.15, 0.2) is 0 Å². The van der Waals surface area contributed by atoms with Gasteiger partial charge in [-0.3, -0.25) is 0 Å². The fourth-order valence-corrected chi connectivity index (χ4v) is 22.7. The molecule has 5 rings (SSSR count). The molecule has 3 aromatic rings. The van der Waals surface area contributed by atoms with E-state index in [1.807, 2.05) is 0 Å². The molecule has 3 aromatic carbocycles. The van der Waals surface area contributed by atoms with Crippen molar-refractivity contribution in [1.82, 2.24) is 0 Å². The van der Waals surface area contributed by atoms with Gasteiger partial charge in [-0.05, 0) is 0 Å². The number of halogens is 3. The first kappa shape index (κ1) is 22.1. The van der Waals surface area contributed by atoms with Crippen LogP contribution in [0.15, 0.2) is 78.9 Å². The Morgan fingerprint density at radius 3 is 1.79 bits per heavy atom. The second kappa shape index (κ2) is 7.56. The van der Waals surface area contributed by atoms with Crippen LogP contribution >= 0.6 is 33.3 Å². The molecule has 0 nitrogen and oxygen atoms in total. The third-order valence-electron chi connectivity index (χ3n) is 6.23. The molecule has 5 heteroatoms. The van der Waals surface area contributed by atoms with E-state index in [0.29, 0.717) is 7.25 Å². The molecule has 1 unspecified atom stereocenters. The van der Waals surface area contributed by atoms with Crippen molar-refractivity contribution in [3.8, 4) is 11.1 Å². The van der Waals surface area contributed by atoms with Crippen LogP contribution in [0.25, 0.3) is 17.2 Å². The number of fused-ring (bicyclic) bond motifs is 4. The van der Waals surface area contributed by atoms with Crippen molar-refractivity contribution >= 4 is 46.3 Å². The van der Waals surface area contributed by atoms with Gasteiger partial charge in [0.25, 0.3) is 0 Å². The number of hydrogen-bond acceptors (Lipinski definition) is 0. The van der Waals surface area contributed by atoms with Crippen LogP contribution in [0.3, 0.4) is 0 Å². The van der Waals surface area contributed by atoms with Crippen molar-refractivity contribution in [2.24, 2.45) is 0 Å². The summed E-state index contributed by atoms with van der Waals surface area (Å²) in [6, 6.07) is 26.5. The molecule has 0 amide bonds. The second-order valence-corrected chi connectivity index (χ2v) is 41.3. The fraction of sp³-hybridized carbons (Fsp3) is 0.130. The van der Waals surface area contributed by atoms with Crippen molar-refractivity contribution in [2.75, 3.05) is 0 Å². The van der Waals surface area contributed by atoms with Gasteiger partial charge in [0.05, 0.1) is 0 Å². The van der Waals surface area contributed by atoms with Gasteiger partial charge in [0.1, 0.15) is 0 Å². The monoisotopic (exact) mass is 522 g/mol. The maximum atomic E-state index is 7.86. The Kier molecular flexibility index (Phi) is 5.96. The minimum atomic E-state index is -3.77. The molecule has 0 heterocycles. The summed E-state index contributed by atoms with van der Waals surface area (Å²) in [5.41, 5.74) is 8.38. The molecule has 28 heavy (non-hydrogen) atoms. The zero-order valence-corrected chi connectivity index (χ0v) is 21.9. The molecule has 0 fully saturated rings. The molecule has 0 spiro atoms. The minimum absolute atomic E-state index is 0. The summed E-state index contributed by atoms with van der Waals surface area (Å²) >= 11 is -3.77. The van der Waals surface area contributed by atoms with Crippen molar-refractivity contribution in [1.29, 1.82) is 0 Å². The summed E-state index contributed by atoms with van der Waals surface area (Å²) in [5.74, 6) is 0. The molecule has 0 saturated heterocycles. The van der Waals surface area contributed by atoms with Gasteiger partial charge < -0.3 is 0 Å². The molecule has 2 aliphatic carbocycles. The molecule has 0 N–H and O–H groups in total. The molecule has 2 aliphatic rings. The number of allylic oxidation sites excluding steroid dienone is 1. The van der Waals surface area contributed by atoms with Crippen molar-refractivity contribution in [3.63, 3.8) is 0 Å². The fourth-order valence-electron chi connectivity index (χ4n) is 5.08. The zero-order chi connectivity index (χ0) is 18.0. The van der Waals surface area contributed by atoms with Crippen molar-refractivity contribution in [2.45, 2.75) is 11.9 Å². The summed E-state index contributed by atoms with van der Waals surface area (Å²) in [4.78, 5) is 0. The molecular formula is C23H23Cl3SiZr. The van der Waals surface area contributed by atoms with E-state index in [9.17, 15) is 0 Å². The van der Waals surface area contributed by atoms with Crippen LogP contribution < -0.4 is 0 Å². The Balaban J connectivity index is 0.00000112. The van der Waals surface area contributed by atoms with E-state index in [-0.39, 0.29) is 24.8 Å². The van der Waals surface area contributed by atoms with Crippen molar-refractivity contribution in [3.05, 3.63) is 101 Å². The van der Waals surface area contributed by atoms with Crippen LogP contribution in [0, 0.1) is 0 Å². The van der Waals surface area contributed by atoms with E-state index in [1.54, 1.807) is 0 Å². The summed E-state index contributed by atoms with van der Waals surface area (Å²) in [7, 11) is 7.86. The SMILES string of the molecule is Cl.Cl.[CH3][Zr](=[SiH2])([Cl])([CH]1C=Cc2ccccc21)[CH]1c2ccccc2-c2ccccc21. The van der Waals surface area contributed by atoms with E-state index in [4.69, 9.17) is 8.51 Å². The van der Waals surface area contributed by atoms with Gasteiger partial charge in [-0.1, -0.05) is 0 Å². The number of rotatable bonds is 2. The summed E-state index contributed by atoms with van der Waals surface area (Å²) in [6.45, 7) is 2.16. The Morgan fingerprint density at radius 1 is 0.750 bits per heavy atom. The molecule has 144 valence electrons. The zero-order valence-electron chi connectivity index (χ0n) is 15.6. The first-order valence-electron chi connectivity index (χ1n) is 9.17. The van der Waals surface area contributed by atoms with Gasteiger partial charge in [-0.15, -0.1) is 24.8 Å². The van der Waals surface area contributed by atoms with E-state index < -0.39 is 16.2 Å². The van der Waals surface area contributed by atoms with Crippen LogP contribution in [0.5, 0.6) is 0 Å². The third-order valence-corrected chi connectivity index (χ3v) is 24.5. The van der Waals surface area contributed by atoms with E-state index in [2.05, 4.69) is 96.5 Å². The Labute approximate surface area is 185 Å². The van der Waals surface area contributed by atoms with Crippen LogP contribution in [0.1, 0.15) is 29.5 Å². The average molecular weight is 525 g/mol. The van der Waals surface area contributed by atoms with Crippen LogP contribution in [-0.4, -0.2) is 6.88 Å². The van der Waals surface area contributed by atoms with Gasteiger partial charge in [0.2, 0.25) is 0 Å². The van der Waals surface area contributed by atoms with Crippen molar-refractivity contribution < 1.29 is 16.2 Å². The Bertz CT molecular complexity index is 1100. The van der Waals surface area contributed by atoms with Gasteiger partial charge in [-0.2, -0.15) is 0 Å². The number of benzene rings is 3. The predicted octanol–water partition coefficient (Wildman–Crippen LogP) is 6.81. The summed E-state index contributed by atoms with van der Waals surface area (Å²) < 4.78 is 3.17. The topological polar surface area (TPSA) is 0 Å². The normalized spacial score (nSPS) is 17.2. The first-order valence-corrected chi connectivity index (χ1v) is 23.6.